The minimum absolute atomic E-state index is 0.0228. The second kappa shape index (κ2) is 6.19. The highest BCUT2D eigenvalue weighted by Crippen LogP contribution is 2.47. The number of carbonyl (C=O) groups is 1. The molecule has 144 valence electrons. The van der Waals surface area contributed by atoms with Crippen LogP contribution in [-0.4, -0.2) is 26.0 Å². The molecule has 0 aliphatic carbocycles. The molecule has 6 heteroatoms. The molecule has 2 aromatic carbocycles. The van der Waals surface area contributed by atoms with Crippen LogP contribution in [0.1, 0.15) is 42.6 Å². The average molecular weight is 380 g/mol. The Balaban J connectivity index is 1.92. The van der Waals surface area contributed by atoms with E-state index >= 15 is 0 Å². The Morgan fingerprint density at radius 2 is 1.86 bits per heavy atom. The van der Waals surface area contributed by atoms with Crippen LogP contribution in [0.15, 0.2) is 42.5 Å². The molecule has 1 aliphatic rings. The molecule has 0 spiro atoms. The van der Waals surface area contributed by atoms with Gasteiger partial charge in [-0.1, -0.05) is 20.8 Å². The van der Waals surface area contributed by atoms with Crippen molar-refractivity contribution in [2.45, 2.75) is 33.2 Å². The van der Waals surface area contributed by atoms with Crippen molar-refractivity contribution in [3.8, 4) is 28.3 Å². The number of hydrogen-bond donors (Lipinski definition) is 2. The highest BCUT2D eigenvalue weighted by Gasteiger charge is 2.35. The van der Waals surface area contributed by atoms with Crippen molar-refractivity contribution in [3.63, 3.8) is 0 Å². The lowest BCUT2D eigenvalue weighted by atomic mass is 9.73. The second-order valence-electron chi connectivity index (χ2n) is 8.28. The number of fused-ring (bicyclic) bond motifs is 3. The normalized spacial score (nSPS) is 15.8. The van der Waals surface area contributed by atoms with Crippen LogP contribution in [-0.2, 0) is 6.54 Å². The van der Waals surface area contributed by atoms with Gasteiger partial charge in [-0.05, 0) is 53.4 Å². The summed E-state index contributed by atoms with van der Waals surface area (Å²) in [6.07, 6.45) is 0. The first-order chi connectivity index (χ1) is 13.1. The Labute approximate surface area is 162 Å². The van der Waals surface area contributed by atoms with Gasteiger partial charge < -0.3 is 10.2 Å². The van der Waals surface area contributed by atoms with Gasteiger partial charge in [0.25, 0.3) is 0 Å². The van der Waals surface area contributed by atoms with Gasteiger partial charge in [0.1, 0.15) is 17.1 Å². The Hall–Kier alpha value is -3.15. The first kappa shape index (κ1) is 18.2. The van der Waals surface area contributed by atoms with Crippen molar-refractivity contribution in [2.75, 3.05) is 0 Å². The Bertz CT molecular complexity index is 1080. The number of benzene rings is 2. The van der Waals surface area contributed by atoms with Crippen LogP contribution < -0.4 is 0 Å². The molecule has 0 saturated carbocycles. The van der Waals surface area contributed by atoms with Crippen molar-refractivity contribution >= 4 is 5.97 Å². The zero-order valence-electron chi connectivity index (χ0n) is 15.9. The quantitative estimate of drug-likeness (QED) is 0.663. The number of phenols is 1. The molecule has 0 radical (unpaired) electrons. The summed E-state index contributed by atoms with van der Waals surface area (Å²) in [5.74, 6) is -1.71. The summed E-state index contributed by atoms with van der Waals surface area (Å²) in [6.45, 7) is 6.90. The van der Waals surface area contributed by atoms with Crippen molar-refractivity contribution in [2.24, 2.45) is 5.41 Å². The van der Waals surface area contributed by atoms with Gasteiger partial charge in [-0.25, -0.2) is 9.18 Å². The van der Waals surface area contributed by atoms with E-state index in [2.05, 4.69) is 20.8 Å². The van der Waals surface area contributed by atoms with Crippen molar-refractivity contribution in [1.82, 2.24) is 9.78 Å². The van der Waals surface area contributed by atoms with Crippen LogP contribution in [0, 0.1) is 11.2 Å². The molecule has 5 nitrogen and oxygen atoms in total. The fourth-order valence-electron chi connectivity index (χ4n) is 3.83. The smallest absolute Gasteiger partial charge is 0.339 e. The number of aromatic nitrogens is 2. The SMILES string of the molecule is CC(C)(C)[C@@H]1Cn2nc(-c3ccc(F)cc3)cc2-c2cc(O)c(C(=O)O)cc21. The van der Waals surface area contributed by atoms with Gasteiger partial charge >= 0.3 is 5.97 Å². The maximum absolute atomic E-state index is 13.3. The second-order valence-corrected chi connectivity index (χ2v) is 8.28. The largest absolute Gasteiger partial charge is 0.507 e. The molecule has 28 heavy (non-hydrogen) atoms. The lowest BCUT2D eigenvalue weighted by Gasteiger charge is -2.36. The number of aromatic hydroxyl groups is 1. The standard InChI is InChI=1S/C22H21FN2O3/c1-22(2,3)17-11-25-19(10-18(24-25)12-4-6-13(23)7-5-12)15-9-20(26)16(21(27)28)8-14(15)17/h4-10,17,26H,11H2,1-3H3,(H,27,28)/t17-/m1/s1. The molecule has 2 heterocycles. The van der Waals surface area contributed by atoms with Crippen LogP contribution in [0.4, 0.5) is 4.39 Å². The Kier molecular flexibility index (Phi) is 4.03. The molecule has 4 rings (SSSR count). The number of rotatable bonds is 2. The summed E-state index contributed by atoms with van der Waals surface area (Å²) < 4.78 is 15.1. The van der Waals surface area contributed by atoms with E-state index < -0.39 is 5.97 Å². The molecule has 0 saturated heterocycles. The van der Waals surface area contributed by atoms with Crippen LogP contribution in [0.5, 0.6) is 5.75 Å². The van der Waals surface area contributed by atoms with Gasteiger partial charge in [0, 0.05) is 23.6 Å². The minimum atomic E-state index is -1.15. The Morgan fingerprint density at radius 1 is 1.18 bits per heavy atom. The van der Waals surface area contributed by atoms with E-state index in [-0.39, 0.29) is 28.5 Å². The van der Waals surface area contributed by atoms with Gasteiger partial charge in [0.15, 0.2) is 0 Å². The van der Waals surface area contributed by atoms with E-state index in [0.717, 1.165) is 22.4 Å². The fourth-order valence-corrected chi connectivity index (χ4v) is 3.83. The average Bonchev–Trinajstić information content (AvgIpc) is 3.04. The number of nitrogens with zero attached hydrogens (tertiary/aromatic N) is 2. The summed E-state index contributed by atoms with van der Waals surface area (Å²) in [4.78, 5) is 11.5. The van der Waals surface area contributed by atoms with Crippen LogP contribution in [0.2, 0.25) is 0 Å². The van der Waals surface area contributed by atoms with Gasteiger partial charge in [-0.15, -0.1) is 0 Å². The zero-order chi connectivity index (χ0) is 20.2. The topological polar surface area (TPSA) is 75.3 Å². The highest BCUT2D eigenvalue weighted by atomic mass is 19.1. The van der Waals surface area contributed by atoms with E-state index in [1.54, 1.807) is 18.2 Å². The van der Waals surface area contributed by atoms with Gasteiger partial charge in [-0.2, -0.15) is 5.10 Å². The summed E-state index contributed by atoms with van der Waals surface area (Å²) in [5.41, 5.74) is 3.74. The minimum Gasteiger partial charge on any atom is -0.507 e. The third kappa shape index (κ3) is 2.95. The first-order valence-corrected chi connectivity index (χ1v) is 9.09. The van der Waals surface area contributed by atoms with Crippen molar-refractivity contribution in [1.29, 1.82) is 0 Å². The lowest BCUT2D eigenvalue weighted by molar-refractivity contribution is 0.0693. The van der Waals surface area contributed by atoms with Crippen LogP contribution in [0.3, 0.4) is 0 Å². The number of carboxylic acids is 1. The van der Waals surface area contributed by atoms with E-state index in [1.165, 1.54) is 18.2 Å². The van der Waals surface area contributed by atoms with E-state index in [9.17, 15) is 19.4 Å². The van der Waals surface area contributed by atoms with Crippen molar-refractivity contribution < 1.29 is 19.4 Å². The lowest BCUT2D eigenvalue weighted by Crippen LogP contribution is -2.28. The summed E-state index contributed by atoms with van der Waals surface area (Å²) in [5, 5.41) is 24.4. The van der Waals surface area contributed by atoms with E-state index in [0.29, 0.717) is 12.2 Å². The summed E-state index contributed by atoms with van der Waals surface area (Å²) >= 11 is 0. The van der Waals surface area contributed by atoms with Gasteiger partial charge in [0.2, 0.25) is 0 Å². The zero-order valence-corrected chi connectivity index (χ0v) is 15.9. The monoisotopic (exact) mass is 380 g/mol. The highest BCUT2D eigenvalue weighted by molar-refractivity contribution is 5.92. The number of aromatic carboxylic acids is 1. The number of hydrogen-bond acceptors (Lipinski definition) is 3. The molecule has 3 aromatic rings. The van der Waals surface area contributed by atoms with Gasteiger partial charge in [0.05, 0.1) is 11.4 Å². The Morgan fingerprint density at radius 3 is 2.46 bits per heavy atom. The van der Waals surface area contributed by atoms with Crippen molar-refractivity contribution in [3.05, 3.63) is 59.4 Å². The van der Waals surface area contributed by atoms with Gasteiger partial charge in [-0.3, -0.25) is 4.68 Å². The predicted octanol–water partition coefficient (Wildman–Crippen LogP) is 4.90. The maximum atomic E-state index is 13.3. The van der Waals surface area contributed by atoms with E-state index in [4.69, 9.17) is 5.10 Å². The van der Waals surface area contributed by atoms with Crippen LogP contribution >= 0.6 is 0 Å². The molecular weight excluding hydrogens is 359 g/mol. The summed E-state index contributed by atoms with van der Waals surface area (Å²) in [7, 11) is 0. The third-order valence-electron chi connectivity index (χ3n) is 5.37. The maximum Gasteiger partial charge on any atom is 0.339 e. The number of carboxylic acid groups (broad SMARTS) is 1. The molecule has 0 unspecified atom stereocenters. The first-order valence-electron chi connectivity index (χ1n) is 9.09. The molecule has 1 aromatic heterocycles. The molecule has 0 bridgehead atoms. The third-order valence-corrected chi connectivity index (χ3v) is 5.37. The number of halogens is 1. The molecule has 1 atom stereocenters. The molecule has 0 amide bonds. The molecule has 0 fully saturated rings. The fraction of sp³-hybridized carbons (Fsp3) is 0.273. The summed E-state index contributed by atoms with van der Waals surface area (Å²) in [6, 6.07) is 11.1. The molecule has 2 N–H and O–H groups in total. The molecular formula is C22H21FN2O3. The van der Waals surface area contributed by atoms with E-state index in [1.807, 2.05) is 10.7 Å². The predicted molar refractivity (Wildman–Crippen MR) is 104 cm³/mol. The van der Waals surface area contributed by atoms with Crippen LogP contribution in [0.25, 0.3) is 22.5 Å². The molecule has 1 aliphatic heterocycles.